The van der Waals surface area contributed by atoms with E-state index in [4.69, 9.17) is 5.73 Å². The molecule has 0 bridgehead atoms. The van der Waals surface area contributed by atoms with E-state index in [9.17, 15) is 0 Å². The normalized spacial score (nSPS) is 10.5. The Morgan fingerprint density at radius 1 is 1.54 bits per heavy atom. The number of nitrogens with zero attached hydrogens (tertiary/aromatic N) is 4. The van der Waals surface area contributed by atoms with Gasteiger partial charge in [-0.25, -0.2) is 4.98 Å². The highest BCUT2D eigenvalue weighted by Gasteiger charge is 2.00. The van der Waals surface area contributed by atoms with Crippen LogP contribution in [0, 0.1) is 0 Å². The first kappa shape index (κ1) is 7.78. The van der Waals surface area contributed by atoms with Crippen molar-refractivity contribution in [3.05, 3.63) is 24.5 Å². The molecule has 0 aliphatic rings. The summed E-state index contributed by atoms with van der Waals surface area (Å²) in [5.74, 6) is 0. The number of hydrogen-bond donors (Lipinski definition) is 2. The fraction of sp³-hybridized carbons (Fsp3) is 0.286. The van der Waals surface area contributed by atoms with E-state index < -0.39 is 0 Å². The van der Waals surface area contributed by atoms with Crippen LogP contribution < -0.4 is 5.73 Å². The minimum atomic E-state index is 0.695. The highest BCUT2D eigenvalue weighted by Crippen LogP contribution is 2.06. The lowest BCUT2D eigenvalue weighted by Crippen LogP contribution is -2.03. The standard InChI is InChI=1S/C7H10N6/c8-6-3-10-12-7(6)1-2-13-5-9-4-11-13/h3-5H,1-2,8H2,(H,10,12). The maximum absolute atomic E-state index is 5.64. The first-order chi connectivity index (χ1) is 6.36. The van der Waals surface area contributed by atoms with Gasteiger partial charge in [0, 0.05) is 13.0 Å². The molecule has 3 N–H and O–H groups in total. The summed E-state index contributed by atoms with van der Waals surface area (Å²) in [5.41, 5.74) is 7.28. The molecule has 6 heteroatoms. The third-order valence-corrected chi connectivity index (χ3v) is 1.81. The van der Waals surface area contributed by atoms with Crippen molar-refractivity contribution in [3.63, 3.8) is 0 Å². The van der Waals surface area contributed by atoms with E-state index in [0.29, 0.717) is 5.69 Å². The van der Waals surface area contributed by atoms with Gasteiger partial charge in [-0.2, -0.15) is 10.2 Å². The predicted molar refractivity (Wildman–Crippen MR) is 46.7 cm³/mol. The third-order valence-electron chi connectivity index (χ3n) is 1.81. The molecule has 0 atom stereocenters. The average Bonchev–Trinajstić information content (AvgIpc) is 2.72. The molecule has 0 unspecified atom stereocenters. The number of anilines is 1. The van der Waals surface area contributed by atoms with Crippen LogP contribution in [0.1, 0.15) is 5.69 Å². The smallest absolute Gasteiger partial charge is 0.137 e. The second-order valence-electron chi connectivity index (χ2n) is 2.71. The van der Waals surface area contributed by atoms with Crippen molar-refractivity contribution in [2.24, 2.45) is 0 Å². The zero-order chi connectivity index (χ0) is 9.10. The Bertz CT molecular complexity index is 362. The van der Waals surface area contributed by atoms with Crippen molar-refractivity contribution < 1.29 is 0 Å². The van der Waals surface area contributed by atoms with E-state index in [-0.39, 0.29) is 0 Å². The zero-order valence-electron chi connectivity index (χ0n) is 7.01. The molecule has 0 saturated heterocycles. The van der Waals surface area contributed by atoms with E-state index in [1.165, 1.54) is 6.33 Å². The van der Waals surface area contributed by atoms with Crippen LogP contribution in [-0.4, -0.2) is 25.0 Å². The van der Waals surface area contributed by atoms with Crippen molar-refractivity contribution in [1.82, 2.24) is 25.0 Å². The van der Waals surface area contributed by atoms with Crippen molar-refractivity contribution in [3.8, 4) is 0 Å². The number of hydrogen-bond acceptors (Lipinski definition) is 4. The molecule has 2 aromatic rings. The molecule has 0 saturated carbocycles. The van der Waals surface area contributed by atoms with E-state index >= 15 is 0 Å². The van der Waals surface area contributed by atoms with Gasteiger partial charge in [-0.1, -0.05) is 0 Å². The molecule has 6 nitrogen and oxygen atoms in total. The minimum absolute atomic E-state index is 0.695. The Hall–Kier alpha value is -1.85. The van der Waals surface area contributed by atoms with Crippen LogP contribution in [0.4, 0.5) is 5.69 Å². The summed E-state index contributed by atoms with van der Waals surface area (Å²) in [6, 6.07) is 0. The summed E-state index contributed by atoms with van der Waals surface area (Å²) in [6.45, 7) is 0.756. The van der Waals surface area contributed by atoms with Crippen molar-refractivity contribution in [2.45, 2.75) is 13.0 Å². The van der Waals surface area contributed by atoms with Gasteiger partial charge in [-0.3, -0.25) is 9.78 Å². The van der Waals surface area contributed by atoms with Gasteiger partial charge in [0.2, 0.25) is 0 Å². The largest absolute Gasteiger partial charge is 0.396 e. The fourth-order valence-electron chi connectivity index (χ4n) is 1.10. The molecule has 2 aromatic heterocycles. The van der Waals surface area contributed by atoms with Gasteiger partial charge < -0.3 is 5.73 Å². The SMILES string of the molecule is Nc1cn[nH]c1CCn1cncn1. The van der Waals surface area contributed by atoms with E-state index in [1.54, 1.807) is 17.2 Å². The lowest BCUT2D eigenvalue weighted by atomic mass is 10.3. The van der Waals surface area contributed by atoms with Crippen LogP contribution >= 0.6 is 0 Å². The number of nitrogen functional groups attached to an aromatic ring is 1. The molecular formula is C7H10N6. The van der Waals surface area contributed by atoms with Crippen LogP contribution in [0.25, 0.3) is 0 Å². The molecule has 0 radical (unpaired) electrons. The monoisotopic (exact) mass is 178 g/mol. The molecule has 2 heterocycles. The summed E-state index contributed by atoms with van der Waals surface area (Å²) in [5, 5.41) is 10.6. The van der Waals surface area contributed by atoms with Gasteiger partial charge >= 0.3 is 0 Å². The Kier molecular flexibility index (Phi) is 1.95. The number of rotatable bonds is 3. The Morgan fingerprint density at radius 3 is 3.08 bits per heavy atom. The van der Waals surface area contributed by atoms with Gasteiger partial charge in [0.05, 0.1) is 17.6 Å². The molecule has 0 aromatic carbocycles. The maximum atomic E-state index is 5.64. The lowest BCUT2D eigenvalue weighted by Gasteiger charge is -1.98. The number of aromatic amines is 1. The van der Waals surface area contributed by atoms with Crippen LogP contribution in [-0.2, 0) is 13.0 Å². The Labute approximate surface area is 74.8 Å². The molecule has 0 fully saturated rings. The topological polar surface area (TPSA) is 85.4 Å². The number of H-pyrrole nitrogens is 1. The molecule has 0 spiro atoms. The molecular weight excluding hydrogens is 168 g/mol. The molecule has 0 aliphatic heterocycles. The quantitative estimate of drug-likeness (QED) is 0.683. The average molecular weight is 178 g/mol. The second kappa shape index (κ2) is 3.26. The third kappa shape index (κ3) is 1.66. The summed E-state index contributed by atoms with van der Waals surface area (Å²) in [6.07, 6.45) is 5.58. The van der Waals surface area contributed by atoms with Crippen LogP contribution in [0.5, 0.6) is 0 Å². The Morgan fingerprint density at radius 2 is 2.46 bits per heavy atom. The van der Waals surface area contributed by atoms with Crippen LogP contribution in [0.2, 0.25) is 0 Å². The van der Waals surface area contributed by atoms with Crippen LogP contribution in [0.15, 0.2) is 18.9 Å². The maximum Gasteiger partial charge on any atom is 0.137 e. The van der Waals surface area contributed by atoms with E-state index in [1.807, 2.05) is 0 Å². The predicted octanol–water partition coefficient (Wildman–Crippen LogP) is -0.174. The van der Waals surface area contributed by atoms with Crippen LogP contribution in [0.3, 0.4) is 0 Å². The highest BCUT2D eigenvalue weighted by molar-refractivity contribution is 5.39. The molecule has 2 rings (SSSR count). The first-order valence-electron chi connectivity index (χ1n) is 3.96. The van der Waals surface area contributed by atoms with E-state index in [2.05, 4.69) is 20.3 Å². The fourth-order valence-corrected chi connectivity index (χ4v) is 1.10. The minimum Gasteiger partial charge on any atom is -0.396 e. The summed E-state index contributed by atoms with van der Waals surface area (Å²) < 4.78 is 1.75. The zero-order valence-corrected chi connectivity index (χ0v) is 7.01. The Balaban J connectivity index is 1.97. The van der Waals surface area contributed by atoms with Gasteiger partial charge in [-0.05, 0) is 0 Å². The molecule has 0 aliphatic carbocycles. The molecule has 13 heavy (non-hydrogen) atoms. The van der Waals surface area contributed by atoms with Crippen molar-refractivity contribution >= 4 is 5.69 Å². The first-order valence-corrected chi connectivity index (χ1v) is 3.96. The number of aromatic nitrogens is 5. The molecule has 0 amide bonds. The van der Waals surface area contributed by atoms with Gasteiger partial charge in [0.25, 0.3) is 0 Å². The number of nitrogens with one attached hydrogen (secondary N) is 1. The number of nitrogens with two attached hydrogens (primary N) is 1. The summed E-state index contributed by atoms with van der Waals surface area (Å²) >= 11 is 0. The van der Waals surface area contributed by atoms with Gasteiger partial charge in [0.15, 0.2) is 0 Å². The summed E-state index contributed by atoms with van der Waals surface area (Å²) in [7, 11) is 0. The van der Waals surface area contributed by atoms with Crippen molar-refractivity contribution in [1.29, 1.82) is 0 Å². The summed E-state index contributed by atoms with van der Waals surface area (Å²) in [4.78, 5) is 3.84. The second-order valence-corrected chi connectivity index (χ2v) is 2.71. The van der Waals surface area contributed by atoms with Gasteiger partial charge in [0.1, 0.15) is 12.7 Å². The van der Waals surface area contributed by atoms with Gasteiger partial charge in [-0.15, -0.1) is 0 Å². The number of aryl methyl sites for hydroxylation is 2. The van der Waals surface area contributed by atoms with E-state index in [0.717, 1.165) is 18.7 Å². The lowest BCUT2D eigenvalue weighted by molar-refractivity contribution is 0.606. The highest BCUT2D eigenvalue weighted by atomic mass is 15.3. The molecule has 68 valence electrons. The van der Waals surface area contributed by atoms with Crippen molar-refractivity contribution in [2.75, 3.05) is 5.73 Å².